The molecular weight excluding hydrogens is 524 g/mol. The molecule has 0 aromatic carbocycles. The molecule has 3 heterocycles. The largest absolute Gasteiger partial charge is 0.394 e. The van der Waals surface area contributed by atoms with E-state index in [4.69, 9.17) is 30.1 Å². The fourth-order valence-electron chi connectivity index (χ4n) is 4.27. The second-order valence-electron chi connectivity index (χ2n) is 8.83. The van der Waals surface area contributed by atoms with Crippen molar-refractivity contribution in [1.29, 1.82) is 0 Å². The topological polar surface area (TPSA) is 248 Å². The van der Waals surface area contributed by atoms with E-state index in [9.17, 15) is 51.1 Å². The molecule has 0 aromatic rings. The number of rotatable bonds is 9. The Hall–Kier alpha value is -0.690. The third-order valence-electron chi connectivity index (χ3n) is 6.41. The summed E-state index contributed by atoms with van der Waals surface area (Å²) < 4.78 is 27.9. The minimum absolute atomic E-state index is 0.0857. The molecule has 0 bridgehead atoms. The van der Waals surface area contributed by atoms with Crippen LogP contribution in [0.15, 0.2) is 0 Å². The van der Waals surface area contributed by atoms with Gasteiger partial charge in [-0.2, -0.15) is 0 Å². The lowest BCUT2D eigenvalue weighted by Gasteiger charge is -2.48. The minimum atomic E-state index is -1.87. The van der Waals surface area contributed by atoms with Gasteiger partial charge in [-0.05, 0) is 0 Å². The van der Waals surface area contributed by atoms with Gasteiger partial charge in [-0.25, -0.2) is 0 Å². The van der Waals surface area contributed by atoms with Crippen molar-refractivity contribution in [2.45, 2.75) is 91.3 Å². The van der Waals surface area contributed by atoms with Crippen molar-refractivity contribution < 1.29 is 74.7 Å². The Balaban J connectivity index is 1.86. The van der Waals surface area contributed by atoms with Gasteiger partial charge in [0.05, 0.1) is 25.6 Å². The Morgan fingerprint density at radius 3 is 1.59 bits per heavy atom. The van der Waals surface area contributed by atoms with Crippen LogP contribution in [0.4, 0.5) is 0 Å². The molecule has 15 nitrogen and oxygen atoms in total. The molecule has 3 fully saturated rings. The summed E-state index contributed by atoms with van der Waals surface area (Å²) in [7, 11) is 0. The molecule has 0 unspecified atom stereocenters. The Bertz CT molecular complexity index is 754. The van der Waals surface area contributed by atoms with E-state index in [-0.39, 0.29) is 5.75 Å². The summed E-state index contributed by atoms with van der Waals surface area (Å²) in [5.74, 6) is 2.45. The van der Waals surface area contributed by atoms with Gasteiger partial charge in [-0.1, -0.05) is 5.92 Å². The minimum Gasteiger partial charge on any atom is -0.394 e. The SMILES string of the molecule is C#CCS[C@H]1O[C@H](CO)[C@@H](O)[C@H](O)[C@@H]1O[C@@H]1O[C@@H](CO)[C@H](O)[C@@H](O)[C@H]1O[C@@H]1O[C@@H](CO)[C@H](O)[C@@H](O)[C@H]1O. The molecule has 3 rings (SSSR count). The Labute approximate surface area is 216 Å². The molecule has 0 radical (unpaired) electrons. The highest BCUT2D eigenvalue weighted by atomic mass is 32.2. The fraction of sp³-hybridized carbons (Fsp3) is 0.905. The van der Waals surface area contributed by atoms with E-state index >= 15 is 0 Å². The molecule has 0 amide bonds. The Kier molecular flexibility index (Phi) is 11.3. The number of aliphatic hydroxyl groups excluding tert-OH is 10. The zero-order valence-electron chi connectivity index (χ0n) is 19.5. The highest BCUT2D eigenvalue weighted by Gasteiger charge is 2.53. The van der Waals surface area contributed by atoms with E-state index in [1.165, 1.54) is 0 Å². The van der Waals surface area contributed by atoms with Crippen molar-refractivity contribution in [3.8, 4) is 12.3 Å². The summed E-state index contributed by atoms with van der Waals surface area (Å²) in [5.41, 5.74) is -1.06. The first-order chi connectivity index (χ1) is 17.6. The standard InChI is InChI=1S/C21H34O15S/c1-2-3-37-21-18(15(30)12(27)9(6-24)34-21)36-20-17(14(29)11(26)8(5-23)33-20)35-19-16(31)13(28)10(25)7(4-22)32-19/h1,7-31H,3-6H2/t7-,8-,9+,10-,11-,12+,13+,14+,15-,16+,17+,18-,19-,20-,21+/m0/s1. The van der Waals surface area contributed by atoms with Gasteiger partial charge in [-0.15, -0.1) is 18.2 Å². The van der Waals surface area contributed by atoms with E-state index in [0.29, 0.717) is 0 Å². The summed E-state index contributed by atoms with van der Waals surface area (Å²) in [4.78, 5) is 0. The van der Waals surface area contributed by atoms with Gasteiger partial charge in [0.25, 0.3) is 0 Å². The van der Waals surface area contributed by atoms with E-state index < -0.39 is 111 Å². The molecule has 0 aliphatic carbocycles. The van der Waals surface area contributed by atoms with Crippen LogP contribution in [0.25, 0.3) is 0 Å². The second kappa shape index (κ2) is 13.6. The summed E-state index contributed by atoms with van der Waals surface area (Å²) in [6.07, 6.45) is -17.3. The number of aliphatic hydroxyl groups is 10. The molecule has 3 saturated heterocycles. The lowest BCUT2D eigenvalue weighted by atomic mass is 9.96. The molecule has 3 aliphatic heterocycles. The molecule has 10 N–H and O–H groups in total. The maximum absolute atomic E-state index is 10.7. The van der Waals surface area contributed by atoms with Gasteiger partial charge in [-0.3, -0.25) is 0 Å². The Morgan fingerprint density at radius 1 is 0.595 bits per heavy atom. The summed E-state index contributed by atoms with van der Waals surface area (Å²) in [5, 5.41) is 101. The van der Waals surface area contributed by atoms with Crippen LogP contribution in [0, 0.1) is 12.3 Å². The number of hydrogen-bond donors (Lipinski definition) is 10. The molecule has 0 saturated carbocycles. The molecule has 214 valence electrons. The first-order valence-corrected chi connectivity index (χ1v) is 12.6. The molecule has 15 atom stereocenters. The van der Waals surface area contributed by atoms with Gasteiger partial charge in [0, 0.05) is 0 Å². The molecule has 37 heavy (non-hydrogen) atoms. The molecule has 3 aliphatic rings. The summed E-state index contributed by atoms with van der Waals surface area (Å²) >= 11 is 0.991. The van der Waals surface area contributed by atoms with Crippen LogP contribution in [0.3, 0.4) is 0 Å². The van der Waals surface area contributed by atoms with Crippen LogP contribution in [0.2, 0.25) is 0 Å². The smallest absolute Gasteiger partial charge is 0.187 e. The molecule has 0 spiro atoms. The summed E-state index contributed by atoms with van der Waals surface area (Å²) in [6.45, 7) is -2.15. The van der Waals surface area contributed by atoms with Crippen molar-refractivity contribution in [3.05, 3.63) is 0 Å². The number of terminal acetylenes is 1. The normalized spacial score (nSPS) is 48.9. The predicted molar refractivity (Wildman–Crippen MR) is 120 cm³/mol. The molecular formula is C21H34O15S. The van der Waals surface area contributed by atoms with Crippen LogP contribution < -0.4 is 0 Å². The monoisotopic (exact) mass is 558 g/mol. The van der Waals surface area contributed by atoms with Crippen LogP contribution in [0.5, 0.6) is 0 Å². The van der Waals surface area contributed by atoms with E-state index in [0.717, 1.165) is 11.8 Å². The maximum Gasteiger partial charge on any atom is 0.187 e. The highest BCUT2D eigenvalue weighted by molar-refractivity contribution is 8.00. The lowest BCUT2D eigenvalue weighted by molar-refractivity contribution is -0.379. The summed E-state index contributed by atoms with van der Waals surface area (Å²) in [6, 6.07) is 0. The quantitative estimate of drug-likeness (QED) is 0.118. The van der Waals surface area contributed by atoms with Gasteiger partial charge in [0.15, 0.2) is 12.6 Å². The third kappa shape index (κ3) is 6.56. The third-order valence-corrected chi connectivity index (χ3v) is 7.45. The zero-order chi connectivity index (χ0) is 27.4. The maximum atomic E-state index is 10.7. The van der Waals surface area contributed by atoms with Crippen LogP contribution in [-0.4, -0.2) is 168 Å². The molecule has 0 aromatic heterocycles. The van der Waals surface area contributed by atoms with Gasteiger partial charge in [0.2, 0.25) is 0 Å². The van der Waals surface area contributed by atoms with Crippen molar-refractivity contribution in [3.63, 3.8) is 0 Å². The van der Waals surface area contributed by atoms with E-state index in [2.05, 4.69) is 5.92 Å². The van der Waals surface area contributed by atoms with Crippen molar-refractivity contribution in [2.75, 3.05) is 25.6 Å². The first-order valence-electron chi connectivity index (χ1n) is 11.5. The number of hydrogen-bond acceptors (Lipinski definition) is 16. The van der Waals surface area contributed by atoms with Crippen LogP contribution in [0.1, 0.15) is 0 Å². The van der Waals surface area contributed by atoms with Gasteiger partial charge in [0.1, 0.15) is 78.7 Å². The van der Waals surface area contributed by atoms with Crippen LogP contribution >= 0.6 is 11.8 Å². The Morgan fingerprint density at radius 2 is 1.05 bits per heavy atom. The van der Waals surface area contributed by atoms with Crippen molar-refractivity contribution in [2.24, 2.45) is 0 Å². The fourth-order valence-corrected chi connectivity index (χ4v) is 5.16. The van der Waals surface area contributed by atoms with Crippen molar-refractivity contribution >= 4 is 11.8 Å². The second-order valence-corrected chi connectivity index (χ2v) is 9.91. The highest BCUT2D eigenvalue weighted by Crippen LogP contribution is 2.35. The molecule has 16 heteroatoms. The van der Waals surface area contributed by atoms with Gasteiger partial charge >= 0.3 is 0 Å². The van der Waals surface area contributed by atoms with Gasteiger partial charge < -0.3 is 74.7 Å². The van der Waals surface area contributed by atoms with E-state index in [1.54, 1.807) is 0 Å². The average Bonchev–Trinajstić information content (AvgIpc) is 2.90. The van der Waals surface area contributed by atoms with E-state index in [1.807, 2.05) is 0 Å². The average molecular weight is 559 g/mol. The predicted octanol–water partition coefficient (Wildman–Crippen LogP) is -6.20. The first kappa shape index (κ1) is 30.8. The zero-order valence-corrected chi connectivity index (χ0v) is 20.3. The number of thioether (sulfide) groups is 1. The lowest BCUT2D eigenvalue weighted by Crippen LogP contribution is -2.66. The van der Waals surface area contributed by atoms with Crippen LogP contribution in [-0.2, 0) is 23.7 Å². The number of ether oxygens (including phenoxy) is 5. The van der Waals surface area contributed by atoms with Crippen molar-refractivity contribution in [1.82, 2.24) is 0 Å².